The van der Waals surface area contributed by atoms with E-state index in [4.69, 9.17) is 14.2 Å². The molecule has 1 heterocycles. The number of rotatable bonds is 6. The van der Waals surface area contributed by atoms with Crippen molar-refractivity contribution >= 4 is 17.7 Å². The molecule has 1 aliphatic carbocycles. The summed E-state index contributed by atoms with van der Waals surface area (Å²) in [5, 5.41) is 3.35. The SMILES string of the molecule is COc1ccccc1[C@H]1CC(=O)C2=C(C1)NC(C)=C(C(=O)OC(C)C)[C@H]2c1ccc(OC(C)=O)cc1. The number of benzene rings is 2. The van der Waals surface area contributed by atoms with Gasteiger partial charge in [0.05, 0.1) is 18.8 Å². The number of esters is 2. The summed E-state index contributed by atoms with van der Waals surface area (Å²) < 4.78 is 16.3. The van der Waals surface area contributed by atoms with Crippen molar-refractivity contribution in [3.63, 3.8) is 0 Å². The fraction of sp³-hybridized carbons (Fsp3) is 0.345. The molecule has 4 rings (SSSR count). The predicted molar refractivity (Wildman–Crippen MR) is 135 cm³/mol. The molecular weight excluding hydrogens is 458 g/mol. The number of nitrogens with one attached hydrogen (secondary N) is 1. The maximum atomic E-state index is 13.7. The number of carbonyl (C=O) groups is 3. The van der Waals surface area contributed by atoms with Gasteiger partial charge in [0.1, 0.15) is 11.5 Å². The zero-order chi connectivity index (χ0) is 26.0. The summed E-state index contributed by atoms with van der Waals surface area (Å²) in [6.07, 6.45) is 0.596. The lowest BCUT2D eigenvalue weighted by atomic mass is 9.71. The van der Waals surface area contributed by atoms with Crippen LogP contribution in [-0.2, 0) is 19.1 Å². The summed E-state index contributed by atoms with van der Waals surface area (Å²) in [5.41, 5.74) is 4.17. The average molecular weight is 490 g/mol. The van der Waals surface area contributed by atoms with E-state index in [-0.39, 0.29) is 17.8 Å². The van der Waals surface area contributed by atoms with E-state index in [0.717, 1.165) is 22.6 Å². The van der Waals surface area contributed by atoms with Crippen LogP contribution in [0.3, 0.4) is 0 Å². The fourth-order valence-corrected chi connectivity index (χ4v) is 5.04. The number of ketones is 1. The second-order valence-corrected chi connectivity index (χ2v) is 9.38. The molecular formula is C29H31NO6. The highest BCUT2D eigenvalue weighted by Gasteiger charge is 2.42. The molecule has 2 aromatic rings. The molecule has 0 radical (unpaired) electrons. The number of para-hydroxylation sites is 1. The van der Waals surface area contributed by atoms with Crippen LogP contribution in [0.15, 0.2) is 71.1 Å². The molecule has 0 saturated carbocycles. The van der Waals surface area contributed by atoms with Gasteiger partial charge in [-0.2, -0.15) is 0 Å². The lowest BCUT2D eigenvalue weighted by Gasteiger charge is -2.37. The van der Waals surface area contributed by atoms with Gasteiger partial charge in [-0.1, -0.05) is 30.3 Å². The van der Waals surface area contributed by atoms with E-state index >= 15 is 0 Å². The van der Waals surface area contributed by atoms with Crippen molar-refractivity contribution in [2.75, 3.05) is 7.11 Å². The molecule has 2 atom stereocenters. The zero-order valence-corrected chi connectivity index (χ0v) is 21.2. The van der Waals surface area contributed by atoms with Crippen molar-refractivity contribution in [2.24, 2.45) is 0 Å². The van der Waals surface area contributed by atoms with Gasteiger partial charge in [-0.25, -0.2) is 4.79 Å². The highest BCUT2D eigenvalue weighted by atomic mass is 16.5. The van der Waals surface area contributed by atoms with Crippen LogP contribution in [0.5, 0.6) is 11.5 Å². The smallest absolute Gasteiger partial charge is 0.337 e. The number of carbonyl (C=O) groups excluding carboxylic acids is 3. The van der Waals surface area contributed by atoms with Crippen LogP contribution < -0.4 is 14.8 Å². The molecule has 2 aromatic carbocycles. The second kappa shape index (κ2) is 10.4. The molecule has 1 N–H and O–H groups in total. The Morgan fingerprint density at radius 2 is 1.72 bits per heavy atom. The van der Waals surface area contributed by atoms with E-state index in [1.807, 2.05) is 31.2 Å². The molecule has 0 unspecified atom stereocenters. The molecule has 0 aromatic heterocycles. The molecule has 0 amide bonds. The van der Waals surface area contributed by atoms with Crippen molar-refractivity contribution in [3.8, 4) is 11.5 Å². The number of allylic oxidation sites excluding steroid dienone is 3. The first kappa shape index (κ1) is 25.2. The third-order valence-corrected chi connectivity index (χ3v) is 6.44. The first-order valence-corrected chi connectivity index (χ1v) is 12.1. The maximum absolute atomic E-state index is 13.7. The number of hydrogen-bond acceptors (Lipinski definition) is 7. The topological polar surface area (TPSA) is 90.9 Å². The lowest BCUT2D eigenvalue weighted by Crippen LogP contribution is -2.36. The average Bonchev–Trinajstić information content (AvgIpc) is 2.82. The van der Waals surface area contributed by atoms with Crippen LogP contribution in [-0.4, -0.2) is 30.9 Å². The Morgan fingerprint density at radius 3 is 2.36 bits per heavy atom. The summed E-state index contributed by atoms with van der Waals surface area (Å²) in [6.45, 7) is 6.75. The highest BCUT2D eigenvalue weighted by Crippen LogP contribution is 2.47. The number of methoxy groups -OCH3 is 1. The molecule has 0 spiro atoms. The molecule has 1 aliphatic heterocycles. The Bertz CT molecular complexity index is 1250. The molecule has 0 saturated heterocycles. The van der Waals surface area contributed by atoms with Gasteiger partial charge < -0.3 is 19.5 Å². The maximum Gasteiger partial charge on any atom is 0.337 e. The summed E-state index contributed by atoms with van der Waals surface area (Å²) in [6, 6.07) is 14.7. The van der Waals surface area contributed by atoms with Crippen LogP contribution in [0.25, 0.3) is 0 Å². The Labute approximate surface area is 211 Å². The van der Waals surface area contributed by atoms with Gasteiger partial charge in [-0.15, -0.1) is 0 Å². The van der Waals surface area contributed by atoms with Gasteiger partial charge in [0.2, 0.25) is 0 Å². The molecule has 7 heteroatoms. The predicted octanol–water partition coefficient (Wildman–Crippen LogP) is 4.93. The van der Waals surface area contributed by atoms with Crippen molar-refractivity contribution in [3.05, 3.63) is 82.2 Å². The summed E-state index contributed by atoms with van der Waals surface area (Å²) in [7, 11) is 1.63. The standard InChI is InChI=1S/C29H31NO6/c1-16(2)35-29(33)26-17(3)30-23-14-20(22-8-6-7-9-25(22)34-5)15-24(32)28(23)27(26)19-10-12-21(13-11-19)36-18(4)31/h6-13,16,20,27,30H,14-15H2,1-5H3/t20-,27-/m1/s1. The Morgan fingerprint density at radius 1 is 1.03 bits per heavy atom. The third kappa shape index (κ3) is 5.05. The summed E-state index contributed by atoms with van der Waals surface area (Å²) in [4.78, 5) is 38.3. The van der Waals surface area contributed by atoms with Crippen molar-refractivity contribution < 1.29 is 28.6 Å². The van der Waals surface area contributed by atoms with Gasteiger partial charge in [0.15, 0.2) is 5.78 Å². The molecule has 0 fully saturated rings. The molecule has 188 valence electrons. The van der Waals surface area contributed by atoms with Crippen LogP contribution in [0, 0.1) is 0 Å². The van der Waals surface area contributed by atoms with Crippen molar-refractivity contribution in [2.45, 2.75) is 58.5 Å². The fourth-order valence-electron chi connectivity index (χ4n) is 5.04. The second-order valence-electron chi connectivity index (χ2n) is 9.38. The Hall–Kier alpha value is -3.87. The lowest BCUT2D eigenvalue weighted by molar-refractivity contribution is -0.143. The van der Waals surface area contributed by atoms with E-state index in [1.165, 1.54) is 6.92 Å². The van der Waals surface area contributed by atoms with Crippen molar-refractivity contribution in [1.82, 2.24) is 5.32 Å². The van der Waals surface area contributed by atoms with E-state index in [1.54, 1.807) is 45.2 Å². The van der Waals surface area contributed by atoms with Gasteiger partial charge in [-0.05, 0) is 56.5 Å². The molecule has 0 bridgehead atoms. The summed E-state index contributed by atoms with van der Waals surface area (Å²) in [5.74, 6) is -0.412. The van der Waals surface area contributed by atoms with Crippen LogP contribution in [0.4, 0.5) is 0 Å². The zero-order valence-electron chi connectivity index (χ0n) is 21.2. The first-order chi connectivity index (χ1) is 17.2. The van der Waals surface area contributed by atoms with Crippen molar-refractivity contribution in [1.29, 1.82) is 0 Å². The normalized spacial score (nSPS) is 19.6. The minimum Gasteiger partial charge on any atom is -0.496 e. The minimum absolute atomic E-state index is 0.0314. The van der Waals surface area contributed by atoms with Gasteiger partial charge in [0, 0.05) is 42.1 Å². The largest absolute Gasteiger partial charge is 0.496 e. The number of Topliss-reactive ketones (excluding diaryl/α,β-unsaturated/α-hetero) is 1. The molecule has 36 heavy (non-hydrogen) atoms. The third-order valence-electron chi connectivity index (χ3n) is 6.44. The van der Waals surface area contributed by atoms with Gasteiger partial charge in [0.25, 0.3) is 0 Å². The first-order valence-electron chi connectivity index (χ1n) is 12.1. The Kier molecular flexibility index (Phi) is 7.29. The van der Waals surface area contributed by atoms with E-state index < -0.39 is 17.9 Å². The number of hydrogen-bond donors (Lipinski definition) is 1. The monoisotopic (exact) mass is 489 g/mol. The van der Waals surface area contributed by atoms with E-state index in [2.05, 4.69) is 5.32 Å². The van der Waals surface area contributed by atoms with Crippen LogP contribution in [0.2, 0.25) is 0 Å². The highest BCUT2D eigenvalue weighted by molar-refractivity contribution is 6.04. The Balaban J connectivity index is 1.78. The quantitative estimate of drug-likeness (QED) is 0.454. The molecule has 7 nitrogen and oxygen atoms in total. The number of dihydropyridines is 1. The van der Waals surface area contributed by atoms with Gasteiger partial charge >= 0.3 is 11.9 Å². The van der Waals surface area contributed by atoms with Crippen LogP contribution >= 0.6 is 0 Å². The summed E-state index contributed by atoms with van der Waals surface area (Å²) >= 11 is 0. The molecule has 2 aliphatic rings. The van der Waals surface area contributed by atoms with E-state index in [0.29, 0.717) is 35.4 Å². The number of ether oxygens (including phenoxy) is 3. The van der Waals surface area contributed by atoms with E-state index in [9.17, 15) is 14.4 Å². The van der Waals surface area contributed by atoms with Crippen LogP contribution in [0.1, 0.15) is 63.5 Å². The van der Waals surface area contributed by atoms with Gasteiger partial charge in [-0.3, -0.25) is 9.59 Å². The minimum atomic E-state index is -0.593.